The van der Waals surface area contributed by atoms with Gasteiger partial charge in [-0.1, -0.05) is 26.2 Å². The molecule has 0 bridgehead atoms. The Morgan fingerprint density at radius 1 is 1.20 bits per heavy atom. The third-order valence-electron chi connectivity index (χ3n) is 4.02. The predicted molar refractivity (Wildman–Crippen MR) is 43.9 cm³/mol. The van der Waals surface area contributed by atoms with E-state index < -0.39 is 0 Å². The first-order valence-electron chi connectivity index (χ1n) is 4.87. The summed E-state index contributed by atoms with van der Waals surface area (Å²) in [5.41, 5.74) is 0.847. The molecule has 0 N–H and O–H groups in total. The van der Waals surface area contributed by atoms with Crippen molar-refractivity contribution < 1.29 is 0 Å². The lowest BCUT2D eigenvalue weighted by Gasteiger charge is -2.27. The van der Waals surface area contributed by atoms with Crippen LogP contribution in [0.3, 0.4) is 0 Å². The van der Waals surface area contributed by atoms with Gasteiger partial charge in [0.25, 0.3) is 0 Å². The van der Waals surface area contributed by atoms with Gasteiger partial charge in [0.1, 0.15) is 0 Å². The molecule has 58 valence electrons. The smallest absolute Gasteiger partial charge is 0.0272 e. The highest BCUT2D eigenvalue weighted by Crippen LogP contribution is 2.55. The minimum atomic E-state index is 0.847. The van der Waals surface area contributed by atoms with Crippen molar-refractivity contribution in [1.29, 1.82) is 0 Å². The molecule has 2 rings (SSSR count). The van der Waals surface area contributed by atoms with E-state index in [0.29, 0.717) is 0 Å². The monoisotopic (exact) mass is 138 g/mol. The van der Waals surface area contributed by atoms with Crippen molar-refractivity contribution in [1.82, 2.24) is 0 Å². The Hall–Kier alpha value is 0. The summed E-state index contributed by atoms with van der Waals surface area (Å²) < 4.78 is 0. The summed E-state index contributed by atoms with van der Waals surface area (Å²) in [5.74, 6) is 1.14. The van der Waals surface area contributed by atoms with E-state index in [1.54, 1.807) is 25.7 Å². The second-order valence-electron chi connectivity index (χ2n) is 4.20. The van der Waals surface area contributed by atoms with E-state index in [9.17, 15) is 0 Å². The Kier molecular flexibility index (Phi) is 1.51. The molecule has 10 heavy (non-hydrogen) atoms. The van der Waals surface area contributed by atoms with Crippen molar-refractivity contribution in [2.75, 3.05) is 0 Å². The van der Waals surface area contributed by atoms with Gasteiger partial charge < -0.3 is 0 Å². The van der Waals surface area contributed by atoms with E-state index in [2.05, 4.69) is 6.92 Å². The maximum Gasteiger partial charge on any atom is -0.0272 e. The summed E-state index contributed by atoms with van der Waals surface area (Å²) in [5, 5.41) is 0. The molecule has 0 aromatic heterocycles. The number of hydrogen-bond acceptors (Lipinski definition) is 0. The van der Waals surface area contributed by atoms with Gasteiger partial charge in [-0.25, -0.2) is 0 Å². The SMILES string of the molecule is CCC12CCCC1CCC2. The molecule has 0 aromatic rings. The molecule has 0 radical (unpaired) electrons. The van der Waals surface area contributed by atoms with Crippen LogP contribution >= 0.6 is 0 Å². The average Bonchev–Trinajstić information content (AvgIpc) is 2.42. The fourth-order valence-electron chi connectivity index (χ4n) is 3.33. The maximum atomic E-state index is 2.39. The normalized spacial score (nSPS) is 45.9. The summed E-state index contributed by atoms with van der Waals surface area (Å²) >= 11 is 0. The Morgan fingerprint density at radius 2 is 1.80 bits per heavy atom. The van der Waals surface area contributed by atoms with Crippen LogP contribution in [0, 0.1) is 11.3 Å². The average molecular weight is 138 g/mol. The van der Waals surface area contributed by atoms with Crippen LogP contribution in [0.15, 0.2) is 0 Å². The molecule has 2 fully saturated rings. The van der Waals surface area contributed by atoms with Gasteiger partial charge in [0.15, 0.2) is 0 Å². The largest absolute Gasteiger partial charge is 0.0648 e. The molecule has 0 aromatic carbocycles. The third kappa shape index (κ3) is 0.741. The molecular formula is C10H18. The molecule has 0 atom stereocenters. The first-order valence-corrected chi connectivity index (χ1v) is 4.87. The Labute approximate surface area is 64.0 Å². The van der Waals surface area contributed by atoms with Crippen LogP contribution in [0.4, 0.5) is 0 Å². The zero-order valence-electron chi connectivity index (χ0n) is 7.03. The van der Waals surface area contributed by atoms with Crippen LogP contribution in [0.1, 0.15) is 51.9 Å². The molecule has 0 heterocycles. The molecule has 0 spiro atoms. The lowest BCUT2D eigenvalue weighted by Crippen LogP contribution is -2.17. The molecule has 0 saturated heterocycles. The van der Waals surface area contributed by atoms with Crippen molar-refractivity contribution in [3.05, 3.63) is 0 Å². The number of fused-ring (bicyclic) bond motifs is 1. The van der Waals surface area contributed by atoms with Gasteiger partial charge in [-0.15, -0.1) is 0 Å². The Balaban J connectivity index is 2.15. The predicted octanol–water partition coefficient (Wildman–Crippen LogP) is 3.37. The molecular weight excluding hydrogens is 120 g/mol. The lowest BCUT2D eigenvalue weighted by atomic mass is 9.78. The van der Waals surface area contributed by atoms with Crippen LogP contribution < -0.4 is 0 Å². The molecule has 0 heteroatoms. The topological polar surface area (TPSA) is 0 Å². The van der Waals surface area contributed by atoms with Crippen LogP contribution in [-0.2, 0) is 0 Å². The fourth-order valence-corrected chi connectivity index (χ4v) is 3.33. The lowest BCUT2D eigenvalue weighted by molar-refractivity contribution is 0.232. The van der Waals surface area contributed by atoms with E-state index in [4.69, 9.17) is 0 Å². The Morgan fingerprint density at radius 3 is 2.20 bits per heavy atom. The van der Waals surface area contributed by atoms with Crippen LogP contribution in [0.2, 0.25) is 0 Å². The molecule has 0 amide bonds. The van der Waals surface area contributed by atoms with E-state index in [1.807, 2.05) is 0 Å². The third-order valence-corrected chi connectivity index (χ3v) is 4.02. The van der Waals surface area contributed by atoms with E-state index in [-0.39, 0.29) is 0 Å². The van der Waals surface area contributed by atoms with Crippen molar-refractivity contribution in [3.63, 3.8) is 0 Å². The van der Waals surface area contributed by atoms with Crippen LogP contribution in [0.25, 0.3) is 0 Å². The summed E-state index contributed by atoms with van der Waals surface area (Å²) in [6, 6.07) is 0. The molecule has 2 saturated carbocycles. The van der Waals surface area contributed by atoms with Gasteiger partial charge in [-0.2, -0.15) is 0 Å². The summed E-state index contributed by atoms with van der Waals surface area (Å²) in [4.78, 5) is 0. The van der Waals surface area contributed by atoms with Crippen LogP contribution in [0.5, 0.6) is 0 Å². The highest BCUT2D eigenvalue weighted by Gasteiger charge is 2.44. The van der Waals surface area contributed by atoms with Gasteiger partial charge in [0.05, 0.1) is 0 Å². The maximum absolute atomic E-state index is 2.39. The zero-order chi connectivity index (χ0) is 7.03. The van der Waals surface area contributed by atoms with E-state index >= 15 is 0 Å². The van der Waals surface area contributed by atoms with Crippen molar-refractivity contribution >= 4 is 0 Å². The first-order chi connectivity index (χ1) is 4.87. The summed E-state index contributed by atoms with van der Waals surface area (Å²) in [6.45, 7) is 2.39. The highest BCUT2D eigenvalue weighted by molar-refractivity contribution is 4.95. The van der Waals surface area contributed by atoms with Gasteiger partial charge in [0, 0.05) is 0 Å². The zero-order valence-corrected chi connectivity index (χ0v) is 7.03. The fraction of sp³-hybridized carbons (Fsp3) is 1.00. The van der Waals surface area contributed by atoms with E-state index in [0.717, 1.165) is 11.3 Å². The molecule has 2 aliphatic carbocycles. The van der Waals surface area contributed by atoms with Gasteiger partial charge in [0.2, 0.25) is 0 Å². The minimum Gasteiger partial charge on any atom is -0.0648 e. The highest BCUT2D eigenvalue weighted by atomic mass is 14.5. The molecule has 0 unspecified atom stereocenters. The minimum absolute atomic E-state index is 0.847. The first kappa shape index (κ1) is 6.69. The standard InChI is InChI=1S/C10H18/c1-2-10-7-3-5-9(10)6-4-8-10/h9H,2-8H2,1H3. The Bertz CT molecular complexity index is 116. The quantitative estimate of drug-likeness (QED) is 0.521. The second-order valence-corrected chi connectivity index (χ2v) is 4.20. The number of hydrogen-bond donors (Lipinski definition) is 0. The van der Waals surface area contributed by atoms with Crippen molar-refractivity contribution in [2.45, 2.75) is 51.9 Å². The van der Waals surface area contributed by atoms with Crippen molar-refractivity contribution in [2.24, 2.45) is 11.3 Å². The molecule has 0 aliphatic heterocycles. The van der Waals surface area contributed by atoms with E-state index in [1.165, 1.54) is 19.3 Å². The summed E-state index contributed by atoms with van der Waals surface area (Å²) in [7, 11) is 0. The molecule has 2 aliphatic rings. The number of rotatable bonds is 1. The van der Waals surface area contributed by atoms with Gasteiger partial charge in [-0.3, -0.25) is 0 Å². The molecule has 0 nitrogen and oxygen atoms in total. The van der Waals surface area contributed by atoms with Crippen LogP contribution in [-0.4, -0.2) is 0 Å². The summed E-state index contributed by atoms with van der Waals surface area (Å²) in [6.07, 6.45) is 10.7. The van der Waals surface area contributed by atoms with Gasteiger partial charge in [-0.05, 0) is 37.0 Å². The van der Waals surface area contributed by atoms with Gasteiger partial charge >= 0.3 is 0 Å². The second kappa shape index (κ2) is 2.25. The van der Waals surface area contributed by atoms with Crippen molar-refractivity contribution in [3.8, 4) is 0 Å².